The van der Waals surface area contributed by atoms with Crippen molar-refractivity contribution in [2.75, 3.05) is 20.9 Å². The second kappa shape index (κ2) is 5.24. The first-order chi connectivity index (χ1) is 10.4. The third kappa shape index (κ3) is 2.52. The van der Waals surface area contributed by atoms with Gasteiger partial charge >= 0.3 is 0 Å². The van der Waals surface area contributed by atoms with Crippen LogP contribution in [0.4, 0.5) is 0 Å². The Labute approximate surface area is 129 Å². The number of rotatable bonds is 3. The van der Waals surface area contributed by atoms with Crippen molar-refractivity contribution in [2.24, 2.45) is 0 Å². The van der Waals surface area contributed by atoms with Gasteiger partial charge in [-0.2, -0.15) is 0 Å². The molecule has 22 heavy (non-hydrogen) atoms. The lowest BCUT2D eigenvalue weighted by Gasteiger charge is -2.28. The van der Waals surface area contributed by atoms with Crippen molar-refractivity contribution in [3.05, 3.63) is 29.6 Å². The van der Waals surface area contributed by atoms with Crippen LogP contribution in [0.15, 0.2) is 18.2 Å². The Morgan fingerprint density at radius 1 is 1.18 bits per heavy atom. The molecule has 1 aliphatic rings. The highest BCUT2D eigenvalue weighted by atomic mass is 16.7. The van der Waals surface area contributed by atoms with Crippen LogP contribution in [0.25, 0.3) is 0 Å². The Morgan fingerprint density at radius 3 is 2.59 bits per heavy atom. The van der Waals surface area contributed by atoms with Gasteiger partial charge in [-0.15, -0.1) is 5.10 Å². The van der Waals surface area contributed by atoms with Crippen LogP contribution in [0.1, 0.15) is 38.2 Å². The average molecular weight is 303 g/mol. The normalized spacial score (nSPS) is 15.4. The van der Waals surface area contributed by atoms with E-state index in [-0.39, 0.29) is 18.4 Å². The summed E-state index contributed by atoms with van der Waals surface area (Å²) in [4.78, 5) is 2.09. The maximum absolute atomic E-state index is 5.48. The molecule has 0 spiro atoms. The van der Waals surface area contributed by atoms with Gasteiger partial charge in [0.15, 0.2) is 17.3 Å². The summed E-state index contributed by atoms with van der Waals surface area (Å²) in [5, 5.41) is 12.3. The Kier molecular flexibility index (Phi) is 3.52. The maximum atomic E-state index is 5.48. The van der Waals surface area contributed by atoms with E-state index in [9.17, 15) is 0 Å². The number of benzene rings is 1. The lowest BCUT2D eigenvalue weighted by atomic mass is 10.0. The maximum Gasteiger partial charge on any atom is 0.231 e. The summed E-state index contributed by atoms with van der Waals surface area (Å²) in [6, 6.07) is 5.89. The van der Waals surface area contributed by atoms with E-state index in [1.807, 2.05) is 37.0 Å². The first-order valence-electron chi connectivity index (χ1n) is 7.22. The Morgan fingerprint density at radius 2 is 1.91 bits per heavy atom. The molecule has 1 aliphatic heterocycles. The van der Waals surface area contributed by atoms with Crippen molar-refractivity contribution in [1.82, 2.24) is 25.1 Å². The van der Waals surface area contributed by atoms with E-state index in [4.69, 9.17) is 9.47 Å². The van der Waals surface area contributed by atoms with Crippen molar-refractivity contribution in [3.8, 4) is 11.5 Å². The second-order valence-corrected chi connectivity index (χ2v) is 6.60. The zero-order valence-electron chi connectivity index (χ0n) is 13.6. The molecule has 0 saturated heterocycles. The molecule has 1 aromatic carbocycles. The minimum atomic E-state index is -0.191. The van der Waals surface area contributed by atoms with Gasteiger partial charge in [-0.3, -0.25) is 4.90 Å². The van der Waals surface area contributed by atoms with E-state index in [0.717, 1.165) is 22.9 Å². The van der Waals surface area contributed by atoms with Crippen LogP contribution >= 0.6 is 0 Å². The summed E-state index contributed by atoms with van der Waals surface area (Å²) in [5.74, 6) is 2.34. The molecule has 118 valence electrons. The first kappa shape index (κ1) is 14.8. The number of aromatic nitrogens is 4. The fourth-order valence-corrected chi connectivity index (χ4v) is 2.60. The Bertz CT molecular complexity index is 675. The fraction of sp³-hybridized carbons (Fsp3) is 0.533. The summed E-state index contributed by atoms with van der Waals surface area (Å²) >= 11 is 0. The number of ether oxygens (including phenoxy) is 2. The standard InChI is InChI=1S/C15H21N5O2/c1-15(2,3)20-14(16-17-18-20)13(19(4)5)10-6-7-11-12(8-10)22-9-21-11/h6-8,13H,9H2,1-5H3/t13-/m0/s1. The van der Waals surface area contributed by atoms with Crippen LogP contribution in [0.3, 0.4) is 0 Å². The summed E-state index contributed by atoms with van der Waals surface area (Å²) in [5.41, 5.74) is 0.873. The van der Waals surface area contributed by atoms with Crippen LogP contribution in [0, 0.1) is 0 Å². The fourth-order valence-electron chi connectivity index (χ4n) is 2.60. The molecule has 1 atom stereocenters. The van der Waals surface area contributed by atoms with Crippen molar-refractivity contribution in [1.29, 1.82) is 0 Å². The monoisotopic (exact) mass is 303 g/mol. The molecular weight excluding hydrogens is 282 g/mol. The van der Waals surface area contributed by atoms with Gasteiger partial charge in [0.25, 0.3) is 0 Å². The molecule has 7 nitrogen and oxygen atoms in total. The first-order valence-corrected chi connectivity index (χ1v) is 7.22. The summed E-state index contributed by atoms with van der Waals surface area (Å²) < 4.78 is 12.7. The molecule has 0 radical (unpaired) electrons. The van der Waals surface area contributed by atoms with E-state index in [1.54, 1.807) is 0 Å². The highest BCUT2D eigenvalue weighted by molar-refractivity contribution is 5.46. The van der Waals surface area contributed by atoms with Crippen molar-refractivity contribution in [3.63, 3.8) is 0 Å². The molecule has 3 rings (SSSR count). The van der Waals surface area contributed by atoms with Crippen molar-refractivity contribution >= 4 is 0 Å². The zero-order chi connectivity index (χ0) is 15.9. The number of hydrogen-bond acceptors (Lipinski definition) is 6. The highest BCUT2D eigenvalue weighted by Gasteiger charge is 2.29. The van der Waals surface area contributed by atoms with Gasteiger partial charge in [0, 0.05) is 0 Å². The van der Waals surface area contributed by atoms with E-state index in [0.29, 0.717) is 0 Å². The van der Waals surface area contributed by atoms with Crippen LogP contribution in [0.5, 0.6) is 11.5 Å². The molecule has 1 aromatic heterocycles. The number of hydrogen-bond donors (Lipinski definition) is 0. The SMILES string of the molecule is CN(C)[C@@H](c1ccc2c(c1)OCO2)c1nnnn1C(C)(C)C. The quantitative estimate of drug-likeness (QED) is 0.861. The molecule has 0 bridgehead atoms. The smallest absolute Gasteiger partial charge is 0.231 e. The van der Waals surface area contributed by atoms with Crippen LogP contribution in [-0.4, -0.2) is 46.0 Å². The van der Waals surface area contributed by atoms with Gasteiger partial charge in [-0.1, -0.05) is 6.07 Å². The zero-order valence-corrected chi connectivity index (χ0v) is 13.6. The summed E-state index contributed by atoms with van der Waals surface area (Å²) in [6.07, 6.45) is 0. The largest absolute Gasteiger partial charge is 0.454 e. The van der Waals surface area contributed by atoms with Crippen LogP contribution < -0.4 is 9.47 Å². The van der Waals surface area contributed by atoms with Crippen molar-refractivity contribution in [2.45, 2.75) is 32.4 Å². The van der Waals surface area contributed by atoms with E-state index in [1.165, 1.54) is 0 Å². The number of nitrogens with zero attached hydrogens (tertiary/aromatic N) is 5. The van der Waals surface area contributed by atoms with Gasteiger partial charge < -0.3 is 9.47 Å². The molecule has 0 saturated carbocycles. The second-order valence-electron chi connectivity index (χ2n) is 6.60. The summed E-state index contributed by atoms with van der Waals surface area (Å²) in [7, 11) is 4.02. The molecule has 0 aliphatic carbocycles. The topological polar surface area (TPSA) is 65.3 Å². The molecule has 0 unspecified atom stereocenters. The van der Waals surface area contributed by atoms with Crippen molar-refractivity contribution < 1.29 is 9.47 Å². The Balaban J connectivity index is 2.06. The molecule has 7 heteroatoms. The predicted octanol–water partition coefficient (Wildman–Crippen LogP) is 1.81. The molecule has 0 fully saturated rings. The molecule has 2 aromatic rings. The van der Waals surface area contributed by atoms with Gasteiger partial charge in [-0.25, -0.2) is 4.68 Å². The predicted molar refractivity (Wildman–Crippen MR) is 80.9 cm³/mol. The molecule has 0 amide bonds. The van der Waals surface area contributed by atoms with Gasteiger partial charge in [0.05, 0.1) is 11.6 Å². The minimum absolute atomic E-state index is 0.0660. The minimum Gasteiger partial charge on any atom is -0.454 e. The average Bonchev–Trinajstić information content (AvgIpc) is 3.05. The molecular formula is C15H21N5O2. The van der Waals surface area contributed by atoms with Gasteiger partial charge in [0.1, 0.15) is 0 Å². The van der Waals surface area contributed by atoms with Gasteiger partial charge in [-0.05, 0) is 63.0 Å². The third-order valence-electron chi connectivity index (χ3n) is 3.60. The molecule has 0 N–H and O–H groups in total. The Hall–Kier alpha value is -2.15. The van der Waals surface area contributed by atoms with E-state index < -0.39 is 0 Å². The molecule has 2 heterocycles. The highest BCUT2D eigenvalue weighted by Crippen LogP contribution is 2.37. The third-order valence-corrected chi connectivity index (χ3v) is 3.60. The lowest BCUT2D eigenvalue weighted by Crippen LogP contribution is -2.31. The number of tetrazole rings is 1. The van der Waals surface area contributed by atoms with Gasteiger partial charge in [0.2, 0.25) is 6.79 Å². The lowest BCUT2D eigenvalue weighted by molar-refractivity contribution is 0.174. The van der Waals surface area contributed by atoms with E-state index >= 15 is 0 Å². The number of fused-ring (bicyclic) bond motifs is 1. The van der Waals surface area contributed by atoms with Crippen LogP contribution in [0.2, 0.25) is 0 Å². The van der Waals surface area contributed by atoms with Crippen LogP contribution in [-0.2, 0) is 5.54 Å². The summed E-state index contributed by atoms with van der Waals surface area (Å²) in [6.45, 7) is 6.52. The van der Waals surface area contributed by atoms with E-state index in [2.05, 4.69) is 41.2 Å².